The highest BCUT2D eigenvalue weighted by atomic mass is 16.6. The minimum absolute atomic E-state index is 0.157. The number of ether oxygens (including phenoxy) is 2. The Morgan fingerprint density at radius 2 is 1.75 bits per heavy atom. The number of carbonyl (C=O) groups is 1. The summed E-state index contributed by atoms with van der Waals surface area (Å²) in [5, 5.41) is 7.12. The molecule has 1 N–H and O–H groups in total. The van der Waals surface area contributed by atoms with Crippen LogP contribution in [0.25, 0.3) is 22.5 Å². The van der Waals surface area contributed by atoms with Gasteiger partial charge in [0.2, 0.25) is 11.8 Å². The summed E-state index contributed by atoms with van der Waals surface area (Å²) in [5.41, 5.74) is 3.72. The highest BCUT2D eigenvalue weighted by molar-refractivity contribution is 5.96. The van der Waals surface area contributed by atoms with E-state index >= 15 is 0 Å². The molecule has 32 heavy (non-hydrogen) atoms. The molecule has 0 bridgehead atoms. The number of fused-ring (bicyclic) bond motifs is 1. The van der Waals surface area contributed by atoms with Crippen LogP contribution in [0.5, 0.6) is 11.5 Å². The Labute approximate surface area is 185 Å². The minimum atomic E-state index is -0.157. The number of anilines is 1. The zero-order chi connectivity index (χ0) is 21.8. The largest absolute Gasteiger partial charge is 0.486 e. The molecule has 1 aliphatic rings. The fourth-order valence-corrected chi connectivity index (χ4v) is 3.60. The fourth-order valence-electron chi connectivity index (χ4n) is 3.60. The Morgan fingerprint density at radius 3 is 2.56 bits per heavy atom. The fraction of sp³-hybridized carbons (Fsp3) is 0.160. The van der Waals surface area contributed by atoms with E-state index in [2.05, 4.69) is 15.5 Å². The number of pyridine rings is 1. The molecule has 0 fully saturated rings. The van der Waals surface area contributed by atoms with Crippen molar-refractivity contribution in [3.05, 3.63) is 78.5 Å². The van der Waals surface area contributed by atoms with Crippen molar-refractivity contribution in [2.45, 2.75) is 12.8 Å². The lowest BCUT2D eigenvalue weighted by atomic mass is 10.0. The topological polar surface area (TPSA) is 86.5 Å². The SMILES string of the molecule is O=C(CCc1ccccc1)Nc1onc(-c2ccc3c(c2)OCCO3)c1-c1ccccn1. The van der Waals surface area contributed by atoms with E-state index in [1.165, 1.54) is 0 Å². The number of hydrogen-bond donors (Lipinski definition) is 1. The number of nitrogens with zero attached hydrogens (tertiary/aromatic N) is 2. The standard InChI is InChI=1S/C25H21N3O4/c29-22(12-9-17-6-2-1-3-7-17)27-25-23(19-8-4-5-13-26-19)24(28-32-25)18-10-11-20-21(16-18)31-15-14-30-20/h1-8,10-11,13,16H,9,12,14-15H2,(H,27,29). The van der Waals surface area contributed by atoms with Gasteiger partial charge in [0.1, 0.15) is 18.9 Å². The molecule has 1 amide bonds. The number of rotatable bonds is 6. The van der Waals surface area contributed by atoms with Crippen LogP contribution < -0.4 is 14.8 Å². The van der Waals surface area contributed by atoms with Crippen LogP contribution in [-0.2, 0) is 11.2 Å². The predicted octanol–water partition coefficient (Wildman–Crippen LogP) is 4.75. The van der Waals surface area contributed by atoms with Gasteiger partial charge in [-0.15, -0.1) is 0 Å². The van der Waals surface area contributed by atoms with Crippen LogP contribution in [0, 0.1) is 0 Å². The quantitative estimate of drug-likeness (QED) is 0.478. The maximum absolute atomic E-state index is 12.7. The molecule has 0 radical (unpaired) electrons. The summed E-state index contributed by atoms with van der Waals surface area (Å²) in [4.78, 5) is 17.1. The monoisotopic (exact) mass is 427 g/mol. The molecule has 0 unspecified atom stereocenters. The van der Waals surface area contributed by atoms with Gasteiger partial charge in [0, 0.05) is 18.2 Å². The summed E-state index contributed by atoms with van der Waals surface area (Å²) in [6.45, 7) is 1.01. The van der Waals surface area contributed by atoms with E-state index in [0.29, 0.717) is 54.5 Å². The molecule has 160 valence electrons. The van der Waals surface area contributed by atoms with Crippen LogP contribution in [0.2, 0.25) is 0 Å². The Bertz CT molecular complexity index is 1220. The smallest absolute Gasteiger partial charge is 0.241 e. The average Bonchev–Trinajstić information content (AvgIpc) is 3.27. The molecule has 7 heteroatoms. The van der Waals surface area contributed by atoms with Gasteiger partial charge in [0.05, 0.1) is 11.3 Å². The molecule has 0 aliphatic carbocycles. The zero-order valence-corrected chi connectivity index (χ0v) is 17.3. The van der Waals surface area contributed by atoms with E-state index in [4.69, 9.17) is 14.0 Å². The lowest BCUT2D eigenvalue weighted by Gasteiger charge is -2.18. The van der Waals surface area contributed by atoms with E-state index in [-0.39, 0.29) is 11.8 Å². The molecule has 0 saturated heterocycles. The first-order chi connectivity index (χ1) is 15.8. The highest BCUT2D eigenvalue weighted by Gasteiger charge is 2.23. The minimum Gasteiger partial charge on any atom is -0.486 e. The lowest BCUT2D eigenvalue weighted by Crippen LogP contribution is -2.15. The third kappa shape index (κ3) is 4.18. The van der Waals surface area contributed by atoms with Crippen molar-refractivity contribution in [3.63, 3.8) is 0 Å². The van der Waals surface area contributed by atoms with Crippen LogP contribution >= 0.6 is 0 Å². The Balaban J connectivity index is 1.45. The van der Waals surface area contributed by atoms with E-state index < -0.39 is 0 Å². The average molecular weight is 427 g/mol. The molecule has 2 aromatic heterocycles. The van der Waals surface area contributed by atoms with Crippen molar-refractivity contribution in [1.82, 2.24) is 10.1 Å². The van der Waals surface area contributed by atoms with Gasteiger partial charge in [-0.05, 0) is 42.3 Å². The van der Waals surface area contributed by atoms with Crippen molar-refractivity contribution in [3.8, 4) is 34.0 Å². The number of amides is 1. The van der Waals surface area contributed by atoms with Crippen LogP contribution in [-0.4, -0.2) is 29.3 Å². The number of hydrogen-bond acceptors (Lipinski definition) is 6. The van der Waals surface area contributed by atoms with Crippen LogP contribution in [0.1, 0.15) is 12.0 Å². The molecular formula is C25H21N3O4. The van der Waals surface area contributed by atoms with Gasteiger partial charge in [-0.2, -0.15) is 0 Å². The first-order valence-electron chi connectivity index (χ1n) is 10.4. The first-order valence-corrected chi connectivity index (χ1v) is 10.4. The van der Waals surface area contributed by atoms with E-state index in [1.807, 2.05) is 66.7 Å². The summed E-state index contributed by atoms with van der Waals surface area (Å²) < 4.78 is 16.9. The van der Waals surface area contributed by atoms with Crippen molar-refractivity contribution < 1.29 is 18.8 Å². The number of benzene rings is 2. The third-order valence-electron chi connectivity index (χ3n) is 5.17. The van der Waals surface area contributed by atoms with Crippen molar-refractivity contribution in [2.75, 3.05) is 18.5 Å². The lowest BCUT2D eigenvalue weighted by molar-refractivity contribution is -0.116. The van der Waals surface area contributed by atoms with Gasteiger partial charge < -0.3 is 14.0 Å². The third-order valence-corrected chi connectivity index (χ3v) is 5.17. The number of aryl methyl sites for hydroxylation is 1. The second-order valence-electron chi connectivity index (χ2n) is 7.34. The molecular weight excluding hydrogens is 406 g/mol. The van der Waals surface area contributed by atoms with E-state index in [9.17, 15) is 4.79 Å². The van der Waals surface area contributed by atoms with E-state index in [1.54, 1.807) is 6.20 Å². The molecule has 1 aliphatic heterocycles. The summed E-state index contributed by atoms with van der Waals surface area (Å²) in [6, 6.07) is 21.0. The maximum atomic E-state index is 12.7. The molecule has 0 atom stereocenters. The van der Waals surface area contributed by atoms with Gasteiger partial charge in [-0.25, -0.2) is 0 Å². The number of carbonyl (C=O) groups excluding carboxylic acids is 1. The molecule has 2 aromatic carbocycles. The van der Waals surface area contributed by atoms with Gasteiger partial charge in [0.15, 0.2) is 11.5 Å². The summed E-state index contributed by atoms with van der Waals surface area (Å²) >= 11 is 0. The molecule has 7 nitrogen and oxygen atoms in total. The second kappa shape index (κ2) is 8.93. The van der Waals surface area contributed by atoms with Gasteiger partial charge >= 0.3 is 0 Å². The zero-order valence-electron chi connectivity index (χ0n) is 17.3. The van der Waals surface area contributed by atoms with Crippen LogP contribution in [0.3, 0.4) is 0 Å². The number of nitrogens with one attached hydrogen (secondary N) is 1. The summed E-state index contributed by atoms with van der Waals surface area (Å²) in [5.74, 6) is 1.46. The second-order valence-corrected chi connectivity index (χ2v) is 7.34. The number of aromatic nitrogens is 2. The molecule has 5 rings (SSSR count). The molecule has 0 saturated carbocycles. The molecule has 4 aromatic rings. The predicted molar refractivity (Wildman–Crippen MR) is 120 cm³/mol. The van der Waals surface area contributed by atoms with Crippen molar-refractivity contribution in [1.29, 1.82) is 0 Å². The van der Waals surface area contributed by atoms with Crippen molar-refractivity contribution in [2.24, 2.45) is 0 Å². The van der Waals surface area contributed by atoms with Gasteiger partial charge in [-0.3, -0.25) is 15.1 Å². The highest BCUT2D eigenvalue weighted by Crippen LogP contribution is 2.40. The summed E-state index contributed by atoms with van der Waals surface area (Å²) in [7, 11) is 0. The van der Waals surface area contributed by atoms with Crippen molar-refractivity contribution >= 4 is 11.8 Å². The maximum Gasteiger partial charge on any atom is 0.241 e. The van der Waals surface area contributed by atoms with Crippen LogP contribution in [0.15, 0.2) is 77.4 Å². The Kier molecular flexibility index (Phi) is 5.53. The first kappa shape index (κ1) is 19.8. The molecule has 0 spiro atoms. The van der Waals surface area contributed by atoms with E-state index in [0.717, 1.165) is 11.1 Å². The normalized spacial score (nSPS) is 12.4. The Hall–Kier alpha value is -4.13. The van der Waals surface area contributed by atoms with Gasteiger partial charge in [0.25, 0.3) is 0 Å². The van der Waals surface area contributed by atoms with Gasteiger partial charge in [-0.1, -0.05) is 41.6 Å². The Morgan fingerprint density at radius 1 is 0.938 bits per heavy atom. The summed E-state index contributed by atoms with van der Waals surface area (Å²) in [6.07, 6.45) is 2.65. The molecule has 3 heterocycles. The van der Waals surface area contributed by atoms with Crippen LogP contribution in [0.4, 0.5) is 5.88 Å².